The van der Waals surface area contributed by atoms with Crippen LogP contribution in [0.25, 0.3) is 0 Å². The van der Waals surface area contributed by atoms with Gasteiger partial charge in [0, 0.05) is 33.7 Å². The van der Waals surface area contributed by atoms with E-state index < -0.39 is 22.8 Å². The first-order valence-electron chi connectivity index (χ1n) is 13.9. The highest BCUT2D eigenvalue weighted by Gasteiger charge is 2.39. The number of nitro groups is 1. The molecule has 0 aliphatic carbocycles. The first-order valence-corrected chi connectivity index (χ1v) is 14.8. The number of nitrogens with zero attached hydrogens (tertiary/aromatic N) is 1. The lowest BCUT2D eigenvalue weighted by atomic mass is 9.79. The van der Waals surface area contributed by atoms with E-state index in [1.165, 1.54) is 12.1 Å². The number of carbonyl (C=O) groups is 2. The Bertz CT molecular complexity index is 1470. The Hall–Kier alpha value is -4.37. The minimum atomic E-state index is -0.822. The molecule has 0 saturated carbocycles. The summed E-state index contributed by atoms with van der Waals surface area (Å²) in [7, 11) is 0. The van der Waals surface area contributed by atoms with Crippen LogP contribution in [0.1, 0.15) is 55.9 Å². The van der Waals surface area contributed by atoms with Crippen LogP contribution in [-0.2, 0) is 19.1 Å². The summed E-state index contributed by atoms with van der Waals surface area (Å²) in [5.74, 6) is -1.93. The van der Waals surface area contributed by atoms with Gasteiger partial charge in [-0.15, -0.1) is 11.8 Å². The van der Waals surface area contributed by atoms with Gasteiger partial charge in [0.15, 0.2) is 0 Å². The number of benzene rings is 3. The zero-order chi connectivity index (χ0) is 30.1. The van der Waals surface area contributed by atoms with Crippen LogP contribution in [-0.4, -0.2) is 30.1 Å². The fourth-order valence-electron chi connectivity index (χ4n) is 5.04. The zero-order valence-electron chi connectivity index (χ0n) is 23.9. The number of nitrogens with one attached hydrogen (secondary N) is 1. The molecule has 2 unspecified atom stereocenters. The number of hydrogen-bond donors (Lipinski definition) is 1. The summed E-state index contributed by atoms with van der Waals surface area (Å²) in [5, 5.41) is 14.8. The van der Waals surface area contributed by atoms with Gasteiger partial charge in [0.25, 0.3) is 5.69 Å². The SMILES string of the molecule is CCOC(=O)C1=C(C)NC(CCC(Sc2ccccc2)c2ccccc2)=C(C(=O)OCC)C1c1ccc([N+](=O)[O-])cc1. The Balaban J connectivity index is 1.78. The Morgan fingerprint density at radius 3 is 2.02 bits per heavy atom. The maximum absolute atomic E-state index is 13.6. The monoisotopic (exact) mass is 586 g/mol. The predicted octanol–water partition coefficient (Wildman–Crippen LogP) is 7.25. The number of allylic oxidation sites excluding steroid dienone is 2. The molecule has 1 N–H and O–H groups in total. The lowest BCUT2D eigenvalue weighted by molar-refractivity contribution is -0.384. The smallest absolute Gasteiger partial charge is 0.336 e. The van der Waals surface area contributed by atoms with Gasteiger partial charge >= 0.3 is 11.9 Å². The van der Waals surface area contributed by atoms with Gasteiger partial charge in [-0.2, -0.15) is 0 Å². The summed E-state index contributed by atoms with van der Waals surface area (Å²) in [4.78, 5) is 38.8. The van der Waals surface area contributed by atoms with Crippen molar-refractivity contribution >= 4 is 29.4 Å². The van der Waals surface area contributed by atoms with E-state index in [0.29, 0.717) is 35.4 Å². The average Bonchev–Trinajstić information content (AvgIpc) is 3.00. The van der Waals surface area contributed by atoms with Crippen LogP contribution in [0.3, 0.4) is 0 Å². The molecule has 218 valence electrons. The first-order chi connectivity index (χ1) is 20.3. The second-order valence-electron chi connectivity index (χ2n) is 9.65. The second-order valence-corrected chi connectivity index (χ2v) is 10.9. The van der Waals surface area contributed by atoms with Crippen molar-refractivity contribution in [2.24, 2.45) is 0 Å². The van der Waals surface area contributed by atoms with Crippen molar-refractivity contribution in [3.63, 3.8) is 0 Å². The molecule has 1 aliphatic heterocycles. The predicted molar refractivity (Wildman–Crippen MR) is 163 cm³/mol. The third kappa shape index (κ3) is 7.28. The van der Waals surface area contributed by atoms with Gasteiger partial charge in [-0.3, -0.25) is 10.1 Å². The Morgan fingerprint density at radius 1 is 0.881 bits per heavy atom. The van der Waals surface area contributed by atoms with Crippen molar-refractivity contribution in [2.75, 3.05) is 13.2 Å². The number of nitro benzene ring substituents is 1. The number of ether oxygens (including phenoxy) is 2. The molecule has 3 aromatic rings. The number of non-ortho nitro benzene ring substituents is 1. The molecule has 0 amide bonds. The van der Waals surface area contributed by atoms with Crippen LogP contribution in [0, 0.1) is 10.1 Å². The number of thioether (sulfide) groups is 1. The lowest BCUT2D eigenvalue weighted by Crippen LogP contribution is -2.33. The second kappa shape index (κ2) is 14.5. The minimum Gasteiger partial charge on any atom is -0.463 e. The summed E-state index contributed by atoms with van der Waals surface area (Å²) in [5.41, 5.74) is 3.42. The molecular weight excluding hydrogens is 552 g/mol. The molecule has 0 spiro atoms. The molecule has 3 aromatic carbocycles. The third-order valence-electron chi connectivity index (χ3n) is 6.92. The van der Waals surface area contributed by atoms with Crippen LogP contribution >= 0.6 is 11.8 Å². The summed E-state index contributed by atoms with van der Waals surface area (Å²) in [6.45, 7) is 5.52. The molecule has 2 atom stereocenters. The van der Waals surface area contributed by atoms with Crippen LogP contribution in [0.15, 0.2) is 112 Å². The van der Waals surface area contributed by atoms with Gasteiger partial charge in [0.2, 0.25) is 0 Å². The standard InChI is InChI=1S/C33H34N2O6S/c1-4-40-32(36)29-22(3)34-27(20-21-28(23-12-8-6-9-13-23)42-26-14-10-7-11-15-26)31(33(37)41-5-2)30(29)24-16-18-25(19-17-24)35(38)39/h6-19,28,30,34H,4-5,20-21H2,1-3H3. The number of hydrogen-bond acceptors (Lipinski definition) is 8. The quantitative estimate of drug-likeness (QED) is 0.102. The molecule has 0 aromatic heterocycles. The molecule has 1 aliphatic rings. The van der Waals surface area contributed by atoms with E-state index in [9.17, 15) is 19.7 Å². The molecular formula is C33H34N2O6S. The maximum atomic E-state index is 13.6. The van der Waals surface area contributed by atoms with E-state index in [2.05, 4.69) is 29.6 Å². The van der Waals surface area contributed by atoms with Crippen molar-refractivity contribution in [1.29, 1.82) is 0 Å². The van der Waals surface area contributed by atoms with Gasteiger partial charge in [-0.1, -0.05) is 60.7 Å². The number of rotatable bonds is 12. The number of dihydropyridines is 1. The minimum absolute atomic E-state index is 0.0832. The summed E-state index contributed by atoms with van der Waals surface area (Å²) < 4.78 is 10.9. The zero-order valence-corrected chi connectivity index (χ0v) is 24.7. The molecule has 0 radical (unpaired) electrons. The van der Waals surface area contributed by atoms with Gasteiger partial charge < -0.3 is 14.8 Å². The summed E-state index contributed by atoms with van der Waals surface area (Å²) in [6, 6.07) is 26.3. The molecule has 0 fully saturated rings. The van der Waals surface area contributed by atoms with Gasteiger partial charge in [0.1, 0.15) is 0 Å². The van der Waals surface area contributed by atoms with E-state index in [0.717, 1.165) is 10.5 Å². The number of esters is 2. The topological polar surface area (TPSA) is 108 Å². The fourth-order valence-corrected chi connectivity index (χ4v) is 6.22. The maximum Gasteiger partial charge on any atom is 0.336 e. The highest BCUT2D eigenvalue weighted by molar-refractivity contribution is 7.99. The highest BCUT2D eigenvalue weighted by atomic mass is 32.2. The van der Waals surface area contributed by atoms with E-state index in [1.807, 2.05) is 36.4 Å². The average molecular weight is 587 g/mol. The molecule has 0 bridgehead atoms. The summed E-state index contributed by atoms with van der Waals surface area (Å²) in [6.07, 6.45) is 1.17. The van der Waals surface area contributed by atoms with Crippen molar-refractivity contribution in [3.05, 3.63) is 129 Å². The molecule has 0 saturated heterocycles. The van der Waals surface area contributed by atoms with Crippen molar-refractivity contribution in [3.8, 4) is 0 Å². The van der Waals surface area contributed by atoms with Crippen LogP contribution in [0.4, 0.5) is 5.69 Å². The van der Waals surface area contributed by atoms with E-state index in [4.69, 9.17) is 9.47 Å². The fraction of sp³-hybridized carbons (Fsp3) is 0.273. The van der Waals surface area contributed by atoms with Crippen LogP contribution in [0.2, 0.25) is 0 Å². The Labute approximate surface area is 250 Å². The normalized spacial score (nSPS) is 15.5. The molecule has 9 heteroatoms. The molecule has 42 heavy (non-hydrogen) atoms. The summed E-state index contributed by atoms with van der Waals surface area (Å²) >= 11 is 1.75. The lowest BCUT2D eigenvalue weighted by Gasteiger charge is -2.32. The van der Waals surface area contributed by atoms with Crippen molar-refractivity contribution in [1.82, 2.24) is 5.32 Å². The van der Waals surface area contributed by atoms with Gasteiger partial charge in [-0.25, -0.2) is 9.59 Å². The Morgan fingerprint density at radius 2 is 1.45 bits per heavy atom. The van der Waals surface area contributed by atoms with Crippen molar-refractivity contribution < 1.29 is 24.0 Å². The highest BCUT2D eigenvalue weighted by Crippen LogP contribution is 2.43. The van der Waals surface area contributed by atoms with Gasteiger partial charge in [-0.05, 0) is 56.9 Å². The number of carbonyl (C=O) groups excluding carboxylic acids is 2. The van der Waals surface area contributed by atoms with Crippen LogP contribution in [0.5, 0.6) is 0 Å². The van der Waals surface area contributed by atoms with Crippen LogP contribution < -0.4 is 5.32 Å². The first kappa shape index (κ1) is 30.6. The van der Waals surface area contributed by atoms with E-state index >= 15 is 0 Å². The molecule has 1 heterocycles. The molecule has 8 nitrogen and oxygen atoms in total. The van der Waals surface area contributed by atoms with Gasteiger partial charge in [0.05, 0.1) is 35.2 Å². The van der Waals surface area contributed by atoms with E-state index in [1.54, 1.807) is 44.7 Å². The molecule has 4 rings (SSSR count). The Kier molecular flexibility index (Phi) is 10.6. The third-order valence-corrected chi connectivity index (χ3v) is 8.26. The van der Waals surface area contributed by atoms with E-state index in [-0.39, 0.29) is 29.7 Å². The largest absolute Gasteiger partial charge is 0.463 e. The van der Waals surface area contributed by atoms with Crippen molar-refractivity contribution in [2.45, 2.75) is 49.7 Å².